The highest BCUT2D eigenvalue weighted by Crippen LogP contribution is 2.18. The summed E-state index contributed by atoms with van der Waals surface area (Å²) in [4.78, 5) is 22.9. The van der Waals surface area contributed by atoms with Crippen molar-refractivity contribution in [3.63, 3.8) is 0 Å². The van der Waals surface area contributed by atoms with Gasteiger partial charge in [-0.05, 0) is 24.3 Å². The van der Waals surface area contributed by atoms with Crippen molar-refractivity contribution in [3.8, 4) is 0 Å². The van der Waals surface area contributed by atoms with Gasteiger partial charge in [0.2, 0.25) is 6.54 Å². The van der Waals surface area contributed by atoms with E-state index in [2.05, 4.69) is 5.32 Å². The lowest BCUT2D eigenvalue weighted by Gasteiger charge is -2.05. The minimum atomic E-state index is -0.619. The Balaban J connectivity index is 2.08. The van der Waals surface area contributed by atoms with Gasteiger partial charge in [0.25, 0.3) is 11.8 Å². The lowest BCUT2D eigenvalue weighted by molar-refractivity contribution is -0.684. The van der Waals surface area contributed by atoms with E-state index in [4.69, 9.17) is 17.3 Å². The SMILES string of the molecule is NC(=O)c1ccc[n+](CC(=O)Nc2ccc(Cl)cc2F)c1. The van der Waals surface area contributed by atoms with Gasteiger partial charge in [0.1, 0.15) is 11.4 Å². The molecule has 0 atom stereocenters. The van der Waals surface area contributed by atoms with E-state index >= 15 is 0 Å². The van der Waals surface area contributed by atoms with Crippen molar-refractivity contribution < 1.29 is 18.5 Å². The van der Waals surface area contributed by atoms with Gasteiger partial charge in [-0.15, -0.1) is 0 Å². The van der Waals surface area contributed by atoms with E-state index in [0.29, 0.717) is 0 Å². The van der Waals surface area contributed by atoms with Crippen LogP contribution in [0.2, 0.25) is 5.02 Å². The number of benzene rings is 1. The van der Waals surface area contributed by atoms with Crippen LogP contribution in [0.15, 0.2) is 42.7 Å². The maximum absolute atomic E-state index is 13.6. The number of rotatable bonds is 4. The number of nitrogens with one attached hydrogen (secondary N) is 1. The zero-order valence-corrected chi connectivity index (χ0v) is 11.6. The van der Waals surface area contributed by atoms with E-state index in [9.17, 15) is 14.0 Å². The lowest BCUT2D eigenvalue weighted by atomic mass is 10.2. The van der Waals surface area contributed by atoms with Crippen LogP contribution < -0.4 is 15.6 Å². The molecule has 0 spiro atoms. The van der Waals surface area contributed by atoms with Crippen LogP contribution in [0.5, 0.6) is 0 Å². The van der Waals surface area contributed by atoms with Gasteiger partial charge < -0.3 is 11.1 Å². The first kappa shape index (κ1) is 14.9. The van der Waals surface area contributed by atoms with E-state index in [1.54, 1.807) is 12.3 Å². The monoisotopic (exact) mass is 308 g/mol. The van der Waals surface area contributed by atoms with Crippen molar-refractivity contribution in [1.29, 1.82) is 0 Å². The van der Waals surface area contributed by atoms with Crippen molar-refractivity contribution >= 4 is 29.1 Å². The van der Waals surface area contributed by atoms with Crippen LogP contribution in [0.1, 0.15) is 10.4 Å². The maximum Gasteiger partial charge on any atom is 0.290 e. The number of anilines is 1. The summed E-state index contributed by atoms with van der Waals surface area (Å²) >= 11 is 5.63. The van der Waals surface area contributed by atoms with Crippen molar-refractivity contribution in [3.05, 3.63) is 59.1 Å². The molecule has 0 radical (unpaired) electrons. The first-order valence-corrected chi connectivity index (χ1v) is 6.37. The Kier molecular flexibility index (Phi) is 4.49. The van der Waals surface area contributed by atoms with Crippen LogP contribution in [-0.4, -0.2) is 11.8 Å². The molecule has 21 heavy (non-hydrogen) atoms. The van der Waals surface area contributed by atoms with E-state index < -0.39 is 17.6 Å². The fourth-order valence-electron chi connectivity index (χ4n) is 1.71. The second-order valence-corrected chi connectivity index (χ2v) is 4.74. The van der Waals surface area contributed by atoms with Crippen molar-refractivity contribution in [2.45, 2.75) is 6.54 Å². The molecule has 2 rings (SSSR count). The average molecular weight is 309 g/mol. The largest absolute Gasteiger partial charge is 0.365 e. The van der Waals surface area contributed by atoms with Crippen LogP contribution in [0, 0.1) is 5.82 Å². The summed E-state index contributed by atoms with van der Waals surface area (Å²) < 4.78 is 15.0. The van der Waals surface area contributed by atoms with Crippen LogP contribution in [-0.2, 0) is 11.3 Å². The smallest absolute Gasteiger partial charge is 0.290 e. The molecule has 0 aliphatic heterocycles. The number of halogens is 2. The summed E-state index contributed by atoms with van der Waals surface area (Å²) in [7, 11) is 0. The van der Waals surface area contributed by atoms with Gasteiger partial charge >= 0.3 is 0 Å². The van der Waals surface area contributed by atoms with Gasteiger partial charge in [0.15, 0.2) is 12.4 Å². The van der Waals surface area contributed by atoms with Gasteiger partial charge in [-0.3, -0.25) is 9.59 Å². The third-order valence-electron chi connectivity index (χ3n) is 2.67. The Labute approximate surface area is 125 Å². The predicted octanol–water partition coefficient (Wildman–Crippen LogP) is 1.50. The number of carbonyl (C=O) groups is 2. The van der Waals surface area contributed by atoms with Crippen LogP contribution in [0.3, 0.4) is 0 Å². The molecule has 2 amide bonds. The van der Waals surface area contributed by atoms with Crippen molar-refractivity contribution in [2.75, 3.05) is 5.32 Å². The highest BCUT2D eigenvalue weighted by molar-refractivity contribution is 6.30. The normalized spacial score (nSPS) is 10.2. The van der Waals surface area contributed by atoms with Crippen LogP contribution >= 0.6 is 11.6 Å². The molecule has 1 aromatic heterocycles. The topological polar surface area (TPSA) is 76.1 Å². The quantitative estimate of drug-likeness (QED) is 0.840. The number of primary amides is 1. The molecule has 0 bridgehead atoms. The number of amides is 2. The van der Waals surface area contributed by atoms with Gasteiger partial charge in [0.05, 0.1) is 5.69 Å². The Bertz CT molecular complexity index is 706. The van der Waals surface area contributed by atoms with Gasteiger partial charge in [0, 0.05) is 11.1 Å². The highest BCUT2D eigenvalue weighted by atomic mass is 35.5. The van der Waals surface area contributed by atoms with Crippen LogP contribution in [0.25, 0.3) is 0 Å². The van der Waals surface area contributed by atoms with Gasteiger partial charge in [-0.25, -0.2) is 4.39 Å². The van der Waals surface area contributed by atoms with Crippen molar-refractivity contribution in [1.82, 2.24) is 0 Å². The number of nitrogens with zero attached hydrogens (tertiary/aromatic N) is 1. The Hall–Kier alpha value is -2.47. The Morgan fingerprint density at radius 2 is 2.10 bits per heavy atom. The van der Waals surface area contributed by atoms with E-state index in [1.165, 1.54) is 29.0 Å². The Morgan fingerprint density at radius 3 is 2.76 bits per heavy atom. The fraction of sp³-hybridized carbons (Fsp3) is 0.0714. The maximum atomic E-state index is 13.6. The minimum absolute atomic E-state index is 0.0380. The molecule has 1 aromatic carbocycles. The number of hydrogen-bond acceptors (Lipinski definition) is 2. The number of carbonyl (C=O) groups excluding carboxylic acids is 2. The molecular weight excluding hydrogens is 297 g/mol. The van der Waals surface area contributed by atoms with Gasteiger partial charge in [-0.2, -0.15) is 4.57 Å². The standard InChI is InChI=1S/C14H11ClFN3O2/c15-10-3-4-12(11(16)6-10)18-13(20)8-19-5-1-2-9(7-19)14(17)21/h1-7H,8H2,(H2-,17,18,20,21)/p+1. The molecule has 1 heterocycles. The second-order valence-electron chi connectivity index (χ2n) is 4.30. The first-order valence-electron chi connectivity index (χ1n) is 5.99. The molecule has 5 nitrogen and oxygen atoms in total. The molecule has 0 aliphatic carbocycles. The summed E-state index contributed by atoms with van der Waals surface area (Å²) in [5.74, 6) is -1.65. The number of aromatic nitrogens is 1. The summed E-state index contributed by atoms with van der Waals surface area (Å²) in [6.07, 6.45) is 3.05. The fourth-order valence-corrected chi connectivity index (χ4v) is 1.87. The lowest BCUT2D eigenvalue weighted by Crippen LogP contribution is -2.40. The van der Waals surface area contributed by atoms with Gasteiger partial charge in [-0.1, -0.05) is 11.6 Å². The number of hydrogen-bond donors (Lipinski definition) is 2. The second kappa shape index (κ2) is 6.32. The van der Waals surface area contributed by atoms with E-state index in [-0.39, 0.29) is 22.8 Å². The number of pyridine rings is 1. The molecule has 0 fully saturated rings. The van der Waals surface area contributed by atoms with E-state index in [0.717, 1.165) is 6.07 Å². The first-order chi connectivity index (χ1) is 9.95. The van der Waals surface area contributed by atoms with E-state index in [1.807, 2.05) is 0 Å². The zero-order valence-electron chi connectivity index (χ0n) is 10.8. The Morgan fingerprint density at radius 1 is 1.33 bits per heavy atom. The molecule has 2 aromatic rings. The molecule has 0 saturated heterocycles. The summed E-state index contributed by atoms with van der Waals surface area (Å²) in [5.41, 5.74) is 5.47. The molecule has 3 N–H and O–H groups in total. The summed E-state index contributed by atoms with van der Waals surface area (Å²) in [6.45, 7) is -0.0802. The minimum Gasteiger partial charge on any atom is -0.365 e. The van der Waals surface area contributed by atoms with Crippen LogP contribution in [0.4, 0.5) is 10.1 Å². The predicted molar refractivity (Wildman–Crippen MR) is 75.2 cm³/mol. The molecule has 7 heteroatoms. The third-order valence-corrected chi connectivity index (χ3v) is 2.91. The summed E-state index contributed by atoms with van der Waals surface area (Å²) in [6, 6.07) is 7.09. The highest BCUT2D eigenvalue weighted by Gasteiger charge is 2.14. The zero-order chi connectivity index (χ0) is 15.4. The number of nitrogens with two attached hydrogens (primary N) is 1. The molecule has 0 unspecified atom stereocenters. The molecule has 108 valence electrons. The van der Waals surface area contributed by atoms with Crippen molar-refractivity contribution in [2.24, 2.45) is 5.73 Å². The molecule has 0 aliphatic rings. The molecular formula is C14H12ClFN3O2+. The summed E-state index contributed by atoms with van der Waals surface area (Å²) in [5, 5.41) is 2.67. The molecule has 0 saturated carbocycles. The third kappa shape index (κ3) is 4.00. The average Bonchev–Trinajstić information content (AvgIpc) is 2.42.